The van der Waals surface area contributed by atoms with Gasteiger partial charge in [-0.05, 0) is 19.4 Å². The SMILES string of the molecule is CC.CO.NC1NC(CO)CC1F.OCC1NCCC1O. The van der Waals surface area contributed by atoms with E-state index in [1.54, 1.807) is 0 Å². The highest BCUT2D eigenvalue weighted by molar-refractivity contribution is 4.86. The van der Waals surface area contributed by atoms with E-state index in [2.05, 4.69) is 10.6 Å². The Kier molecular flexibility index (Phi) is 15.9. The Morgan fingerprint density at radius 3 is 1.95 bits per heavy atom. The minimum absolute atomic E-state index is 0.0336. The minimum Gasteiger partial charge on any atom is -0.400 e. The summed E-state index contributed by atoms with van der Waals surface area (Å²) in [6, 6.07) is -0.218. The zero-order chi connectivity index (χ0) is 16.8. The van der Waals surface area contributed by atoms with Gasteiger partial charge in [-0.3, -0.25) is 5.32 Å². The van der Waals surface area contributed by atoms with Crippen LogP contribution in [0.15, 0.2) is 0 Å². The highest BCUT2D eigenvalue weighted by atomic mass is 19.1. The standard InChI is InChI=1S/C5H11FN2O.C5H11NO2.C2H6.CH4O/c6-4-1-3(2-9)8-5(4)7;7-3-4-5(8)1-2-6-4;2*1-2/h3-5,8-9H,1-2,7H2;4-8H,1-3H2;1-2H3;2H,1H3. The summed E-state index contributed by atoms with van der Waals surface area (Å²) < 4.78 is 12.5. The summed E-state index contributed by atoms with van der Waals surface area (Å²) >= 11 is 0. The van der Waals surface area contributed by atoms with Gasteiger partial charge in [0.15, 0.2) is 0 Å². The van der Waals surface area contributed by atoms with Gasteiger partial charge in [0.2, 0.25) is 0 Å². The highest BCUT2D eigenvalue weighted by Gasteiger charge is 2.30. The first-order valence-corrected chi connectivity index (χ1v) is 7.32. The molecule has 0 amide bonds. The molecule has 0 aliphatic carbocycles. The summed E-state index contributed by atoms with van der Waals surface area (Å²) in [6.45, 7) is 4.84. The number of nitrogens with two attached hydrogens (primary N) is 1. The van der Waals surface area contributed by atoms with Crippen LogP contribution in [0.1, 0.15) is 26.7 Å². The molecule has 0 radical (unpaired) electrons. The lowest BCUT2D eigenvalue weighted by molar-refractivity contribution is 0.121. The fourth-order valence-corrected chi connectivity index (χ4v) is 1.93. The zero-order valence-corrected chi connectivity index (χ0v) is 13.2. The monoisotopic (exact) mass is 313 g/mol. The molecule has 2 saturated heterocycles. The van der Waals surface area contributed by atoms with E-state index in [9.17, 15) is 4.39 Å². The molecule has 0 aromatic heterocycles. The fourth-order valence-electron chi connectivity index (χ4n) is 1.93. The van der Waals surface area contributed by atoms with Gasteiger partial charge in [0.1, 0.15) is 6.17 Å². The van der Waals surface area contributed by atoms with Gasteiger partial charge in [-0.25, -0.2) is 4.39 Å². The van der Waals surface area contributed by atoms with E-state index in [4.69, 9.17) is 26.2 Å². The summed E-state index contributed by atoms with van der Waals surface area (Å²) in [4.78, 5) is 0. The van der Waals surface area contributed by atoms with Gasteiger partial charge in [0.25, 0.3) is 0 Å². The van der Waals surface area contributed by atoms with Crippen LogP contribution in [0.4, 0.5) is 4.39 Å². The van der Waals surface area contributed by atoms with Crippen molar-refractivity contribution < 1.29 is 24.8 Å². The van der Waals surface area contributed by atoms with Crippen LogP contribution in [-0.2, 0) is 0 Å². The summed E-state index contributed by atoms with van der Waals surface area (Å²) in [6.07, 6.45) is -0.813. The van der Waals surface area contributed by atoms with Crippen molar-refractivity contribution in [3.05, 3.63) is 0 Å². The quantitative estimate of drug-likeness (QED) is 0.323. The Morgan fingerprint density at radius 2 is 1.76 bits per heavy atom. The third kappa shape index (κ3) is 9.30. The first-order chi connectivity index (χ1) is 10.1. The van der Waals surface area contributed by atoms with Crippen molar-refractivity contribution >= 4 is 0 Å². The van der Waals surface area contributed by atoms with Gasteiger partial charge in [-0.1, -0.05) is 13.8 Å². The maximum absolute atomic E-state index is 12.5. The minimum atomic E-state index is -0.998. The molecule has 0 bridgehead atoms. The number of rotatable bonds is 2. The highest BCUT2D eigenvalue weighted by Crippen LogP contribution is 2.12. The van der Waals surface area contributed by atoms with Gasteiger partial charge in [-0.2, -0.15) is 0 Å². The average Bonchev–Trinajstić information content (AvgIpc) is 3.09. The molecule has 2 rings (SSSR count). The van der Waals surface area contributed by atoms with Crippen molar-refractivity contribution in [2.75, 3.05) is 26.9 Å². The van der Waals surface area contributed by atoms with Crippen molar-refractivity contribution in [1.29, 1.82) is 0 Å². The van der Waals surface area contributed by atoms with Gasteiger partial charge in [0, 0.05) is 13.2 Å². The van der Waals surface area contributed by atoms with Crippen molar-refractivity contribution in [3.63, 3.8) is 0 Å². The number of hydrogen-bond donors (Lipinski definition) is 7. The number of hydrogen-bond acceptors (Lipinski definition) is 7. The molecular formula is C13H32FN3O4. The molecule has 7 nitrogen and oxygen atoms in total. The first-order valence-electron chi connectivity index (χ1n) is 7.32. The van der Waals surface area contributed by atoms with E-state index in [1.165, 1.54) is 0 Å². The Balaban J connectivity index is 0. The number of alkyl halides is 1. The van der Waals surface area contributed by atoms with E-state index in [1.807, 2.05) is 13.8 Å². The number of halogens is 1. The molecular weight excluding hydrogens is 281 g/mol. The maximum Gasteiger partial charge on any atom is 0.130 e. The van der Waals surface area contributed by atoms with Gasteiger partial charge in [-0.15, -0.1) is 0 Å². The van der Waals surface area contributed by atoms with Crippen molar-refractivity contribution in [2.24, 2.45) is 5.73 Å². The Hall–Kier alpha value is -0.350. The summed E-state index contributed by atoms with van der Waals surface area (Å²) in [7, 11) is 1.00. The maximum atomic E-state index is 12.5. The second-order valence-electron chi connectivity index (χ2n) is 4.42. The molecule has 2 aliphatic rings. The zero-order valence-electron chi connectivity index (χ0n) is 13.2. The van der Waals surface area contributed by atoms with E-state index in [0.717, 1.165) is 20.1 Å². The number of aliphatic hydroxyl groups excluding tert-OH is 4. The van der Waals surface area contributed by atoms with Crippen LogP contribution >= 0.6 is 0 Å². The lowest BCUT2D eigenvalue weighted by Gasteiger charge is -2.09. The van der Waals surface area contributed by atoms with Crippen LogP contribution in [0.25, 0.3) is 0 Å². The predicted molar refractivity (Wildman–Crippen MR) is 80.5 cm³/mol. The lowest BCUT2D eigenvalue weighted by atomic mass is 10.2. The Bertz CT molecular complexity index is 218. The lowest BCUT2D eigenvalue weighted by Crippen LogP contribution is -2.40. The molecule has 5 unspecified atom stereocenters. The molecule has 0 saturated carbocycles. The van der Waals surface area contributed by atoms with Gasteiger partial charge >= 0.3 is 0 Å². The molecule has 0 aromatic rings. The second kappa shape index (κ2) is 14.6. The average molecular weight is 313 g/mol. The Labute approximate surface area is 126 Å². The number of aliphatic hydroxyl groups is 4. The molecule has 8 heteroatoms. The summed E-state index contributed by atoms with van der Waals surface area (Å²) in [5, 5.41) is 38.7. The molecule has 5 atom stereocenters. The molecule has 21 heavy (non-hydrogen) atoms. The van der Waals surface area contributed by atoms with Crippen LogP contribution in [0.2, 0.25) is 0 Å². The van der Waals surface area contributed by atoms with Gasteiger partial charge in [0.05, 0.1) is 31.5 Å². The van der Waals surface area contributed by atoms with E-state index < -0.39 is 12.3 Å². The summed E-state index contributed by atoms with van der Waals surface area (Å²) in [5.41, 5.74) is 5.25. The van der Waals surface area contributed by atoms with Crippen LogP contribution in [0, 0.1) is 0 Å². The summed E-state index contributed by atoms with van der Waals surface area (Å²) in [5.74, 6) is 0. The molecule has 2 aliphatic heterocycles. The topological polar surface area (TPSA) is 131 Å². The largest absolute Gasteiger partial charge is 0.400 e. The van der Waals surface area contributed by atoms with Crippen molar-refractivity contribution in [2.45, 2.75) is 57.2 Å². The molecule has 2 heterocycles. The van der Waals surface area contributed by atoms with Crippen LogP contribution in [-0.4, -0.2) is 77.8 Å². The van der Waals surface area contributed by atoms with Crippen LogP contribution in [0.3, 0.4) is 0 Å². The smallest absolute Gasteiger partial charge is 0.130 e. The van der Waals surface area contributed by atoms with Crippen LogP contribution in [0.5, 0.6) is 0 Å². The molecule has 2 fully saturated rings. The number of nitrogens with one attached hydrogen (secondary N) is 2. The fraction of sp³-hybridized carbons (Fsp3) is 1.00. The second-order valence-corrected chi connectivity index (χ2v) is 4.42. The Morgan fingerprint density at radius 1 is 1.19 bits per heavy atom. The van der Waals surface area contributed by atoms with Gasteiger partial charge < -0.3 is 31.5 Å². The van der Waals surface area contributed by atoms with E-state index >= 15 is 0 Å². The third-order valence-electron chi connectivity index (χ3n) is 3.06. The molecule has 0 aromatic carbocycles. The van der Waals surface area contributed by atoms with Crippen molar-refractivity contribution in [3.8, 4) is 0 Å². The predicted octanol–water partition coefficient (Wildman–Crippen LogP) is -1.70. The third-order valence-corrected chi connectivity index (χ3v) is 3.06. The van der Waals surface area contributed by atoms with Crippen molar-refractivity contribution in [1.82, 2.24) is 10.6 Å². The normalized spacial score (nSPS) is 33.9. The van der Waals surface area contributed by atoms with E-state index in [-0.39, 0.29) is 31.4 Å². The molecule has 130 valence electrons. The van der Waals surface area contributed by atoms with Crippen LogP contribution < -0.4 is 16.4 Å². The molecule has 8 N–H and O–H groups in total. The first kappa shape index (κ1) is 22.9. The van der Waals surface area contributed by atoms with E-state index in [0.29, 0.717) is 6.42 Å². The molecule has 0 spiro atoms.